The van der Waals surface area contributed by atoms with Gasteiger partial charge < -0.3 is 10.6 Å². The maximum absolute atomic E-state index is 12.6. The summed E-state index contributed by atoms with van der Waals surface area (Å²) in [4.78, 5) is 12.1. The molecule has 0 spiro atoms. The summed E-state index contributed by atoms with van der Waals surface area (Å²) in [5, 5.41) is 5.44. The van der Waals surface area contributed by atoms with E-state index >= 15 is 0 Å². The number of carbonyl (C=O) groups is 1. The third kappa shape index (κ3) is 3.97. The first-order chi connectivity index (χ1) is 9.77. The highest BCUT2D eigenvalue weighted by Gasteiger charge is 2.42. The first-order valence-electron chi connectivity index (χ1n) is 6.95. The van der Waals surface area contributed by atoms with Crippen LogP contribution in [0.3, 0.4) is 0 Å². The van der Waals surface area contributed by atoms with Crippen molar-refractivity contribution in [2.75, 3.05) is 11.9 Å². The summed E-state index contributed by atoms with van der Waals surface area (Å²) in [6.45, 7) is 3.72. The Morgan fingerprint density at radius 2 is 1.95 bits per heavy atom. The second-order valence-corrected chi connectivity index (χ2v) is 5.57. The van der Waals surface area contributed by atoms with E-state index in [0.717, 1.165) is 11.1 Å². The average Bonchev–Trinajstić information content (AvgIpc) is 2.42. The number of rotatable bonds is 2. The molecule has 1 fully saturated rings. The van der Waals surface area contributed by atoms with Gasteiger partial charge in [0.1, 0.15) is 0 Å². The summed E-state index contributed by atoms with van der Waals surface area (Å²) < 4.78 is 37.7. The molecule has 0 aromatic heterocycles. The van der Waals surface area contributed by atoms with Crippen molar-refractivity contribution in [3.05, 3.63) is 29.3 Å². The highest BCUT2D eigenvalue weighted by Crippen LogP contribution is 2.32. The zero-order valence-electron chi connectivity index (χ0n) is 12.1. The second kappa shape index (κ2) is 6.05. The number of piperidine rings is 1. The van der Waals surface area contributed by atoms with Crippen LogP contribution in [-0.2, 0) is 4.79 Å². The number of anilines is 1. The molecule has 3 nitrogen and oxygen atoms in total. The van der Waals surface area contributed by atoms with Crippen LogP contribution in [0.25, 0.3) is 0 Å². The highest BCUT2D eigenvalue weighted by atomic mass is 19.4. The topological polar surface area (TPSA) is 41.1 Å². The molecule has 2 rings (SSSR count). The van der Waals surface area contributed by atoms with E-state index < -0.39 is 18.1 Å². The predicted octanol–water partition coefficient (Wildman–Crippen LogP) is 3.17. The van der Waals surface area contributed by atoms with Crippen LogP contribution in [0.5, 0.6) is 0 Å². The molecule has 1 aliphatic heterocycles. The number of carbonyl (C=O) groups excluding carboxylic acids is 1. The lowest BCUT2D eigenvalue weighted by atomic mass is 9.94. The summed E-state index contributed by atoms with van der Waals surface area (Å²) in [5.41, 5.74) is 2.85. The molecule has 0 aliphatic carbocycles. The molecule has 1 aromatic carbocycles. The van der Waals surface area contributed by atoms with E-state index in [0.29, 0.717) is 5.69 Å². The third-order valence-corrected chi connectivity index (χ3v) is 3.97. The van der Waals surface area contributed by atoms with Gasteiger partial charge in [-0.15, -0.1) is 0 Å². The monoisotopic (exact) mass is 300 g/mol. The SMILES string of the molecule is Cc1ccc(NC(=O)C2CCC(C(F)(F)F)CN2)cc1C. The van der Waals surface area contributed by atoms with Crippen molar-refractivity contribution in [3.63, 3.8) is 0 Å². The highest BCUT2D eigenvalue weighted by molar-refractivity contribution is 5.95. The summed E-state index contributed by atoms with van der Waals surface area (Å²) in [6.07, 6.45) is -4.01. The molecular formula is C15H19F3N2O. The number of benzene rings is 1. The van der Waals surface area contributed by atoms with Crippen LogP contribution in [-0.4, -0.2) is 24.7 Å². The van der Waals surface area contributed by atoms with E-state index in [2.05, 4.69) is 10.6 Å². The van der Waals surface area contributed by atoms with Gasteiger partial charge in [-0.25, -0.2) is 0 Å². The van der Waals surface area contributed by atoms with Gasteiger partial charge in [-0.2, -0.15) is 13.2 Å². The van der Waals surface area contributed by atoms with Crippen LogP contribution < -0.4 is 10.6 Å². The van der Waals surface area contributed by atoms with Crippen molar-refractivity contribution < 1.29 is 18.0 Å². The van der Waals surface area contributed by atoms with Crippen molar-refractivity contribution in [3.8, 4) is 0 Å². The largest absolute Gasteiger partial charge is 0.393 e. The van der Waals surface area contributed by atoms with Crippen molar-refractivity contribution in [1.29, 1.82) is 0 Å². The Bertz CT molecular complexity index is 520. The van der Waals surface area contributed by atoms with Gasteiger partial charge in [-0.3, -0.25) is 4.79 Å². The normalized spacial score (nSPS) is 22.9. The van der Waals surface area contributed by atoms with Crippen molar-refractivity contribution in [2.24, 2.45) is 5.92 Å². The van der Waals surface area contributed by atoms with Crippen LogP contribution in [0.15, 0.2) is 18.2 Å². The Morgan fingerprint density at radius 3 is 2.48 bits per heavy atom. The van der Waals surface area contributed by atoms with Crippen molar-refractivity contribution in [2.45, 2.75) is 38.9 Å². The van der Waals surface area contributed by atoms with E-state index in [1.54, 1.807) is 6.07 Å². The number of hydrogen-bond acceptors (Lipinski definition) is 2. The molecule has 0 saturated carbocycles. The minimum absolute atomic E-state index is 0.0124. The van der Waals surface area contributed by atoms with Crippen LogP contribution >= 0.6 is 0 Å². The number of amides is 1. The van der Waals surface area contributed by atoms with Gasteiger partial charge in [-0.05, 0) is 49.9 Å². The molecule has 1 amide bonds. The van der Waals surface area contributed by atoms with E-state index in [9.17, 15) is 18.0 Å². The fourth-order valence-electron chi connectivity index (χ4n) is 2.41. The molecular weight excluding hydrogens is 281 g/mol. The summed E-state index contributed by atoms with van der Waals surface area (Å²) in [5.74, 6) is -1.64. The third-order valence-electron chi connectivity index (χ3n) is 3.97. The van der Waals surface area contributed by atoms with Gasteiger partial charge in [-0.1, -0.05) is 6.07 Å². The lowest BCUT2D eigenvalue weighted by molar-refractivity contribution is -0.180. The molecule has 2 atom stereocenters. The van der Waals surface area contributed by atoms with Crippen molar-refractivity contribution in [1.82, 2.24) is 5.32 Å². The van der Waals surface area contributed by atoms with Crippen molar-refractivity contribution >= 4 is 11.6 Å². The van der Waals surface area contributed by atoms with Gasteiger partial charge in [0.25, 0.3) is 0 Å². The molecule has 0 bridgehead atoms. The summed E-state index contributed by atoms with van der Waals surface area (Å²) in [7, 11) is 0. The fraction of sp³-hybridized carbons (Fsp3) is 0.533. The number of alkyl halides is 3. The standard InChI is InChI=1S/C15H19F3N2O/c1-9-3-5-12(7-10(9)2)20-14(21)13-6-4-11(8-19-13)15(16,17)18/h3,5,7,11,13,19H,4,6,8H2,1-2H3,(H,20,21). The first kappa shape index (κ1) is 15.8. The van der Waals surface area contributed by atoms with Crippen LogP contribution in [0.2, 0.25) is 0 Å². The maximum Gasteiger partial charge on any atom is 0.393 e. The lowest BCUT2D eigenvalue weighted by Gasteiger charge is -2.30. The summed E-state index contributed by atoms with van der Waals surface area (Å²) >= 11 is 0. The Labute approximate surface area is 121 Å². The first-order valence-corrected chi connectivity index (χ1v) is 6.95. The average molecular weight is 300 g/mol. The number of aryl methyl sites for hydroxylation is 2. The number of halogens is 3. The van der Waals surface area contributed by atoms with Gasteiger partial charge in [0.15, 0.2) is 0 Å². The smallest absolute Gasteiger partial charge is 0.325 e. The zero-order valence-corrected chi connectivity index (χ0v) is 12.1. The molecule has 2 N–H and O–H groups in total. The minimum Gasteiger partial charge on any atom is -0.325 e. The van der Waals surface area contributed by atoms with Gasteiger partial charge in [0.2, 0.25) is 5.91 Å². The molecule has 1 aromatic rings. The number of hydrogen-bond donors (Lipinski definition) is 2. The van der Waals surface area contributed by atoms with E-state index in [1.807, 2.05) is 26.0 Å². The summed E-state index contributed by atoms with van der Waals surface area (Å²) in [6, 6.07) is 4.99. The number of nitrogens with one attached hydrogen (secondary N) is 2. The molecule has 0 radical (unpaired) electrons. The second-order valence-electron chi connectivity index (χ2n) is 5.57. The molecule has 1 saturated heterocycles. The van der Waals surface area contributed by atoms with Crippen LogP contribution in [0.4, 0.5) is 18.9 Å². The quantitative estimate of drug-likeness (QED) is 0.881. The van der Waals surface area contributed by atoms with Gasteiger partial charge in [0, 0.05) is 12.2 Å². The van der Waals surface area contributed by atoms with E-state index in [1.165, 1.54) is 0 Å². The fourth-order valence-corrected chi connectivity index (χ4v) is 2.41. The zero-order chi connectivity index (χ0) is 15.6. The lowest BCUT2D eigenvalue weighted by Crippen LogP contribution is -2.49. The van der Waals surface area contributed by atoms with Crippen LogP contribution in [0, 0.1) is 19.8 Å². The minimum atomic E-state index is -4.19. The molecule has 1 aliphatic rings. The molecule has 116 valence electrons. The van der Waals surface area contributed by atoms with Crippen LogP contribution in [0.1, 0.15) is 24.0 Å². The maximum atomic E-state index is 12.6. The van der Waals surface area contributed by atoms with E-state index in [-0.39, 0.29) is 25.3 Å². The van der Waals surface area contributed by atoms with E-state index in [4.69, 9.17) is 0 Å². The predicted molar refractivity (Wildman–Crippen MR) is 75.1 cm³/mol. The van der Waals surface area contributed by atoms with Gasteiger partial charge >= 0.3 is 6.18 Å². The molecule has 1 heterocycles. The Hall–Kier alpha value is -1.56. The molecule has 2 unspecified atom stereocenters. The molecule has 6 heteroatoms. The Kier molecular flexibility index (Phi) is 4.56. The Balaban J connectivity index is 1.92. The Morgan fingerprint density at radius 1 is 1.24 bits per heavy atom. The molecule has 21 heavy (non-hydrogen) atoms. The van der Waals surface area contributed by atoms with Gasteiger partial charge in [0.05, 0.1) is 12.0 Å².